The van der Waals surface area contributed by atoms with Gasteiger partial charge in [-0.3, -0.25) is 9.78 Å². The molecule has 0 spiro atoms. The molecule has 3 aromatic rings. The van der Waals surface area contributed by atoms with Gasteiger partial charge in [0.05, 0.1) is 27.8 Å². The Morgan fingerprint density at radius 1 is 1.17 bits per heavy atom. The third-order valence-electron chi connectivity index (χ3n) is 4.94. The van der Waals surface area contributed by atoms with Gasteiger partial charge in [0, 0.05) is 36.2 Å². The number of aromatic nitrogens is 3. The Balaban J connectivity index is 1.86. The number of hydrogen-bond acceptors (Lipinski definition) is 3. The van der Waals surface area contributed by atoms with Gasteiger partial charge in [-0.2, -0.15) is 5.10 Å². The molecule has 0 aliphatic heterocycles. The van der Waals surface area contributed by atoms with Crippen molar-refractivity contribution in [1.29, 1.82) is 0 Å². The zero-order chi connectivity index (χ0) is 21.1. The standard InChI is InChI=1S/C22H24Cl2N4O/c1-14(2)27(13-17-6-5-9-25-12-17)22(29)11-19-15(3)26-28(16(19)4)18-7-8-20(23)21(24)10-18/h5-10,12,14H,11,13H2,1-4H3. The van der Waals surface area contributed by atoms with Crippen LogP contribution < -0.4 is 0 Å². The minimum atomic E-state index is 0.0590. The zero-order valence-electron chi connectivity index (χ0n) is 17.0. The van der Waals surface area contributed by atoms with Crippen molar-refractivity contribution in [2.75, 3.05) is 0 Å². The number of aryl methyl sites for hydroxylation is 1. The molecule has 2 aromatic heterocycles. The van der Waals surface area contributed by atoms with E-state index in [4.69, 9.17) is 23.2 Å². The fraction of sp³-hybridized carbons (Fsp3) is 0.318. The van der Waals surface area contributed by atoms with Gasteiger partial charge in [0.15, 0.2) is 0 Å². The molecule has 7 heteroatoms. The van der Waals surface area contributed by atoms with E-state index in [0.29, 0.717) is 16.6 Å². The van der Waals surface area contributed by atoms with Crippen LogP contribution in [0.4, 0.5) is 0 Å². The van der Waals surface area contributed by atoms with E-state index in [9.17, 15) is 4.79 Å². The second-order valence-electron chi connectivity index (χ2n) is 7.31. The van der Waals surface area contributed by atoms with Gasteiger partial charge >= 0.3 is 0 Å². The van der Waals surface area contributed by atoms with E-state index < -0.39 is 0 Å². The number of rotatable bonds is 6. The van der Waals surface area contributed by atoms with Crippen molar-refractivity contribution in [2.24, 2.45) is 0 Å². The second-order valence-corrected chi connectivity index (χ2v) is 8.13. The predicted molar refractivity (Wildman–Crippen MR) is 117 cm³/mol. The molecule has 5 nitrogen and oxygen atoms in total. The highest BCUT2D eigenvalue weighted by molar-refractivity contribution is 6.42. The van der Waals surface area contributed by atoms with Crippen molar-refractivity contribution in [3.05, 3.63) is 75.3 Å². The maximum atomic E-state index is 13.1. The summed E-state index contributed by atoms with van der Waals surface area (Å²) < 4.78 is 1.81. The summed E-state index contributed by atoms with van der Waals surface area (Å²) in [4.78, 5) is 19.2. The second kappa shape index (κ2) is 8.97. The molecule has 1 amide bonds. The molecule has 1 aromatic carbocycles. The van der Waals surface area contributed by atoms with Crippen LogP contribution >= 0.6 is 23.2 Å². The summed E-state index contributed by atoms with van der Waals surface area (Å²) in [5.74, 6) is 0.0590. The average Bonchev–Trinajstić information content (AvgIpc) is 2.97. The molecule has 0 unspecified atom stereocenters. The predicted octanol–water partition coefficient (Wildman–Crippen LogP) is 5.17. The van der Waals surface area contributed by atoms with Gasteiger partial charge in [-0.1, -0.05) is 29.3 Å². The minimum absolute atomic E-state index is 0.0590. The quantitative estimate of drug-likeness (QED) is 0.541. The van der Waals surface area contributed by atoms with E-state index in [1.165, 1.54) is 0 Å². The lowest BCUT2D eigenvalue weighted by atomic mass is 10.1. The molecule has 0 saturated heterocycles. The van der Waals surface area contributed by atoms with Crippen LogP contribution in [0, 0.1) is 13.8 Å². The maximum Gasteiger partial charge on any atom is 0.227 e. The number of carbonyl (C=O) groups is 1. The largest absolute Gasteiger partial charge is 0.336 e. The first-order chi connectivity index (χ1) is 13.8. The third-order valence-corrected chi connectivity index (χ3v) is 5.68. The lowest BCUT2D eigenvalue weighted by Gasteiger charge is -2.27. The highest BCUT2D eigenvalue weighted by atomic mass is 35.5. The molecule has 0 radical (unpaired) electrons. The van der Waals surface area contributed by atoms with E-state index in [-0.39, 0.29) is 18.4 Å². The van der Waals surface area contributed by atoms with Crippen molar-refractivity contribution >= 4 is 29.1 Å². The van der Waals surface area contributed by atoms with Crippen LogP contribution in [0.1, 0.15) is 36.4 Å². The van der Waals surface area contributed by atoms with Crippen LogP contribution in [0.2, 0.25) is 10.0 Å². The zero-order valence-corrected chi connectivity index (χ0v) is 18.5. The first kappa shape index (κ1) is 21.3. The minimum Gasteiger partial charge on any atom is -0.336 e. The molecule has 0 bridgehead atoms. The van der Waals surface area contributed by atoms with Crippen molar-refractivity contribution in [3.8, 4) is 5.69 Å². The van der Waals surface area contributed by atoms with E-state index in [2.05, 4.69) is 10.1 Å². The Hall–Kier alpha value is -2.37. The van der Waals surface area contributed by atoms with Gasteiger partial charge in [0.25, 0.3) is 0 Å². The van der Waals surface area contributed by atoms with Crippen molar-refractivity contribution < 1.29 is 4.79 Å². The van der Waals surface area contributed by atoms with Gasteiger partial charge < -0.3 is 4.90 Å². The van der Waals surface area contributed by atoms with Crippen LogP contribution in [0.3, 0.4) is 0 Å². The van der Waals surface area contributed by atoms with Crippen LogP contribution in [0.15, 0.2) is 42.7 Å². The average molecular weight is 431 g/mol. The van der Waals surface area contributed by atoms with Crippen LogP contribution in [-0.2, 0) is 17.8 Å². The third kappa shape index (κ3) is 4.80. The van der Waals surface area contributed by atoms with E-state index in [1.54, 1.807) is 29.2 Å². The summed E-state index contributed by atoms with van der Waals surface area (Å²) >= 11 is 12.2. The molecule has 0 aliphatic carbocycles. The fourth-order valence-corrected chi connectivity index (χ4v) is 3.59. The molecule has 0 atom stereocenters. The van der Waals surface area contributed by atoms with Crippen molar-refractivity contribution in [2.45, 2.75) is 46.7 Å². The highest BCUT2D eigenvalue weighted by Gasteiger charge is 2.22. The summed E-state index contributed by atoms with van der Waals surface area (Å²) in [7, 11) is 0. The lowest BCUT2D eigenvalue weighted by Crippen LogP contribution is -2.37. The molecule has 152 valence electrons. The van der Waals surface area contributed by atoms with Crippen LogP contribution in [0.5, 0.6) is 0 Å². The van der Waals surface area contributed by atoms with Gasteiger partial charge in [-0.15, -0.1) is 0 Å². The smallest absolute Gasteiger partial charge is 0.227 e. The molecule has 3 rings (SSSR count). The summed E-state index contributed by atoms with van der Waals surface area (Å²) in [6.45, 7) is 8.46. The van der Waals surface area contributed by atoms with Crippen LogP contribution in [0.25, 0.3) is 5.69 Å². The maximum absolute atomic E-state index is 13.1. The Kier molecular flexibility index (Phi) is 6.60. The topological polar surface area (TPSA) is 51.0 Å². The summed E-state index contributed by atoms with van der Waals surface area (Å²) in [5.41, 5.74) is 4.49. The molecule has 29 heavy (non-hydrogen) atoms. The SMILES string of the molecule is Cc1nn(-c2ccc(Cl)c(Cl)c2)c(C)c1CC(=O)N(Cc1cccnc1)C(C)C. The molecule has 0 N–H and O–H groups in total. The van der Waals surface area contributed by atoms with E-state index >= 15 is 0 Å². The summed E-state index contributed by atoms with van der Waals surface area (Å²) in [6.07, 6.45) is 3.81. The molecule has 2 heterocycles. The van der Waals surface area contributed by atoms with Gasteiger partial charge in [0.2, 0.25) is 5.91 Å². The number of carbonyl (C=O) groups excluding carboxylic acids is 1. The van der Waals surface area contributed by atoms with Gasteiger partial charge in [-0.05, 0) is 57.5 Å². The number of nitrogens with zero attached hydrogens (tertiary/aromatic N) is 4. The summed E-state index contributed by atoms with van der Waals surface area (Å²) in [6, 6.07) is 9.32. The van der Waals surface area contributed by atoms with Gasteiger partial charge in [0.1, 0.15) is 0 Å². The highest BCUT2D eigenvalue weighted by Crippen LogP contribution is 2.26. The van der Waals surface area contributed by atoms with Gasteiger partial charge in [-0.25, -0.2) is 4.68 Å². The van der Waals surface area contributed by atoms with Crippen molar-refractivity contribution in [1.82, 2.24) is 19.7 Å². The van der Waals surface area contributed by atoms with Crippen LogP contribution in [-0.4, -0.2) is 31.6 Å². The monoisotopic (exact) mass is 430 g/mol. The number of amides is 1. The Morgan fingerprint density at radius 2 is 1.93 bits per heavy atom. The molecular formula is C22H24Cl2N4O. The molecule has 0 aliphatic rings. The number of pyridine rings is 1. The Morgan fingerprint density at radius 3 is 2.55 bits per heavy atom. The van der Waals surface area contributed by atoms with E-state index in [1.807, 2.05) is 50.8 Å². The van der Waals surface area contributed by atoms with E-state index in [0.717, 1.165) is 28.2 Å². The fourth-order valence-electron chi connectivity index (χ4n) is 3.30. The number of benzene rings is 1. The first-order valence-electron chi connectivity index (χ1n) is 9.46. The lowest BCUT2D eigenvalue weighted by molar-refractivity contribution is -0.132. The first-order valence-corrected chi connectivity index (χ1v) is 10.2. The normalized spacial score (nSPS) is 11.1. The number of halogens is 2. The molecular weight excluding hydrogens is 407 g/mol. The number of hydrogen-bond donors (Lipinski definition) is 0. The molecule has 0 saturated carbocycles. The Bertz CT molecular complexity index is 1020. The Labute approximate surface area is 181 Å². The molecule has 0 fully saturated rings. The summed E-state index contributed by atoms with van der Waals surface area (Å²) in [5, 5.41) is 5.59. The van der Waals surface area contributed by atoms with Crippen molar-refractivity contribution in [3.63, 3.8) is 0 Å².